The van der Waals surface area contributed by atoms with Gasteiger partial charge in [-0.15, -0.1) is 0 Å². The average molecular weight is 173 g/mol. The molecule has 0 aromatic heterocycles. The van der Waals surface area contributed by atoms with Crippen LogP contribution in [0.1, 0.15) is 20.3 Å². The van der Waals surface area contributed by atoms with Crippen LogP contribution in [0.25, 0.3) is 0 Å². The van der Waals surface area contributed by atoms with Gasteiger partial charge in [-0.3, -0.25) is 0 Å². The molecule has 0 amide bonds. The normalized spacial score (nSPS) is 14.9. The number of hydrazone groups is 1. The van der Waals surface area contributed by atoms with E-state index in [0.717, 1.165) is 6.42 Å². The summed E-state index contributed by atoms with van der Waals surface area (Å²) < 4.78 is 0. The highest BCUT2D eigenvalue weighted by atomic mass is 15.3. The number of nitrogens with one attached hydrogen (secondary N) is 2. The van der Waals surface area contributed by atoms with Gasteiger partial charge < -0.3 is 16.6 Å². The maximum Gasteiger partial charge on any atom is 0.153 e. The molecule has 0 radical (unpaired) electrons. The molecule has 1 atom stereocenters. The Morgan fingerprint density at radius 2 is 2.08 bits per heavy atom. The standard InChI is InChI=1S/C7H19N5/c1-5(2)4-6(10-3)7(11-8)12-9/h5-6,10H,4,8-9H2,1-3H3,(H,11,12). The lowest BCUT2D eigenvalue weighted by molar-refractivity contribution is 0.508. The summed E-state index contributed by atoms with van der Waals surface area (Å²) >= 11 is 0. The fourth-order valence-corrected chi connectivity index (χ4v) is 1.07. The first-order valence-electron chi connectivity index (χ1n) is 4.07. The number of hydrogen-bond donors (Lipinski definition) is 4. The van der Waals surface area contributed by atoms with Crippen LogP contribution < -0.4 is 22.4 Å². The second kappa shape index (κ2) is 5.79. The van der Waals surface area contributed by atoms with Gasteiger partial charge in [-0.25, -0.2) is 5.84 Å². The summed E-state index contributed by atoms with van der Waals surface area (Å²) in [6.45, 7) is 4.27. The topological polar surface area (TPSA) is 88.5 Å². The van der Waals surface area contributed by atoms with Crippen LogP contribution in [0.15, 0.2) is 5.10 Å². The van der Waals surface area contributed by atoms with Crippen molar-refractivity contribution >= 4 is 5.84 Å². The highest BCUT2D eigenvalue weighted by molar-refractivity contribution is 5.86. The predicted molar refractivity (Wildman–Crippen MR) is 51.2 cm³/mol. The number of nitrogens with zero attached hydrogens (tertiary/aromatic N) is 1. The van der Waals surface area contributed by atoms with Gasteiger partial charge in [0.05, 0.1) is 6.04 Å². The molecule has 5 heteroatoms. The fourth-order valence-electron chi connectivity index (χ4n) is 1.07. The largest absolute Gasteiger partial charge is 0.321 e. The quantitative estimate of drug-likeness (QED) is 0.197. The highest BCUT2D eigenvalue weighted by Gasteiger charge is 2.14. The fraction of sp³-hybridized carbons (Fsp3) is 0.857. The van der Waals surface area contributed by atoms with Crippen molar-refractivity contribution in [1.82, 2.24) is 10.7 Å². The van der Waals surface area contributed by atoms with E-state index in [4.69, 9.17) is 11.7 Å². The Hall–Kier alpha value is -0.810. The summed E-state index contributed by atoms with van der Waals surface area (Å²) in [5.41, 5.74) is 2.47. The molecule has 0 aromatic rings. The number of hydrogen-bond acceptors (Lipinski definition) is 4. The van der Waals surface area contributed by atoms with E-state index in [1.807, 2.05) is 7.05 Å². The summed E-state index contributed by atoms with van der Waals surface area (Å²) in [4.78, 5) is 0. The zero-order valence-corrected chi connectivity index (χ0v) is 7.96. The molecule has 0 aliphatic carbocycles. The SMILES string of the molecule is CNC(CC(C)C)/C(=N/N)NN. The van der Waals surface area contributed by atoms with Gasteiger partial charge in [0, 0.05) is 0 Å². The Kier molecular flexibility index (Phi) is 5.40. The predicted octanol–water partition coefficient (Wildman–Crippen LogP) is -0.644. The van der Waals surface area contributed by atoms with Crippen LogP contribution in [0.4, 0.5) is 0 Å². The van der Waals surface area contributed by atoms with Crippen LogP contribution in [0.2, 0.25) is 0 Å². The van der Waals surface area contributed by atoms with Gasteiger partial charge in [-0.2, -0.15) is 5.10 Å². The lowest BCUT2D eigenvalue weighted by Gasteiger charge is -2.18. The number of nitrogens with two attached hydrogens (primary N) is 2. The molecule has 0 aromatic carbocycles. The van der Waals surface area contributed by atoms with E-state index in [9.17, 15) is 0 Å². The Morgan fingerprint density at radius 1 is 1.50 bits per heavy atom. The maximum absolute atomic E-state index is 5.23. The number of rotatable bonds is 4. The molecule has 0 saturated carbocycles. The monoisotopic (exact) mass is 173 g/mol. The first kappa shape index (κ1) is 11.2. The van der Waals surface area contributed by atoms with Crippen LogP contribution in [-0.4, -0.2) is 18.9 Å². The first-order chi connectivity index (χ1) is 5.65. The van der Waals surface area contributed by atoms with E-state index in [2.05, 4.69) is 29.7 Å². The molecule has 0 fully saturated rings. The smallest absolute Gasteiger partial charge is 0.153 e. The van der Waals surface area contributed by atoms with E-state index >= 15 is 0 Å². The summed E-state index contributed by atoms with van der Waals surface area (Å²) in [6.07, 6.45) is 0.955. The van der Waals surface area contributed by atoms with Crippen LogP contribution in [-0.2, 0) is 0 Å². The van der Waals surface area contributed by atoms with Crippen molar-refractivity contribution in [3.63, 3.8) is 0 Å². The van der Waals surface area contributed by atoms with Crippen molar-refractivity contribution in [3.8, 4) is 0 Å². The van der Waals surface area contributed by atoms with Gasteiger partial charge in [-0.1, -0.05) is 13.8 Å². The van der Waals surface area contributed by atoms with Gasteiger partial charge in [0.1, 0.15) is 0 Å². The van der Waals surface area contributed by atoms with E-state index in [1.54, 1.807) is 0 Å². The molecule has 72 valence electrons. The van der Waals surface area contributed by atoms with Crippen molar-refractivity contribution in [2.75, 3.05) is 7.05 Å². The van der Waals surface area contributed by atoms with Gasteiger partial charge in [0.15, 0.2) is 5.84 Å². The molecular formula is C7H19N5. The van der Waals surface area contributed by atoms with Gasteiger partial charge >= 0.3 is 0 Å². The zero-order chi connectivity index (χ0) is 9.56. The minimum atomic E-state index is 0.111. The third-order valence-electron chi connectivity index (χ3n) is 1.67. The number of hydrazine groups is 1. The maximum atomic E-state index is 5.23. The van der Waals surface area contributed by atoms with Crippen molar-refractivity contribution in [1.29, 1.82) is 0 Å². The van der Waals surface area contributed by atoms with Crippen molar-refractivity contribution in [2.24, 2.45) is 22.7 Å². The number of amidine groups is 1. The third-order valence-corrected chi connectivity index (χ3v) is 1.67. The second-order valence-electron chi connectivity index (χ2n) is 3.13. The van der Waals surface area contributed by atoms with E-state index in [-0.39, 0.29) is 6.04 Å². The Morgan fingerprint density at radius 3 is 2.33 bits per heavy atom. The molecule has 0 heterocycles. The van der Waals surface area contributed by atoms with Crippen LogP contribution in [0.5, 0.6) is 0 Å². The first-order valence-corrected chi connectivity index (χ1v) is 4.07. The van der Waals surface area contributed by atoms with Crippen molar-refractivity contribution in [3.05, 3.63) is 0 Å². The third kappa shape index (κ3) is 3.54. The van der Waals surface area contributed by atoms with Gasteiger partial charge in [-0.05, 0) is 19.4 Å². The van der Waals surface area contributed by atoms with E-state index in [0.29, 0.717) is 11.8 Å². The molecule has 5 nitrogen and oxygen atoms in total. The summed E-state index contributed by atoms with van der Waals surface area (Å²) in [6, 6.07) is 0.111. The second-order valence-corrected chi connectivity index (χ2v) is 3.13. The van der Waals surface area contributed by atoms with Gasteiger partial charge in [0.25, 0.3) is 0 Å². The van der Waals surface area contributed by atoms with Crippen molar-refractivity contribution in [2.45, 2.75) is 26.3 Å². The zero-order valence-electron chi connectivity index (χ0n) is 7.96. The Bertz CT molecular complexity index is 143. The van der Waals surface area contributed by atoms with E-state index in [1.165, 1.54) is 0 Å². The van der Waals surface area contributed by atoms with Crippen molar-refractivity contribution < 1.29 is 0 Å². The molecule has 6 N–H and O–H groups in total. The molecule has 0 saturated heterocycles. The Balaban J connectivity index is 4.12. The minimum Gasteiger partial charge on any atom is -0.321 e. The molecule has 0 spiro atoms. The minimum absolute atomic E-state index is 0.111. The van der Waals surface area contributed by atoms with E-state index < -0.39 is 0 Å². The Labute approximate surface area is 73.5 Å². The lowest BCUT2D eigenvalue weighted by Crippen LogP contribution is -2.47. The highest BCUT2D eigenvalue weighted by Crippen LogP contribution is 2.04. The molecule has 1 unspecified atom stereocenters. The molecule has 0 bridgehead atoms. The summed E-state index contributed by atoms with van der Waals surface area (Å²) in [5, 5.41) is 6.63. The summed E-state index contributed by atoms with van der Waals surface area (Å²) in [7, 11) is 1.86. The van der Waals surface area contributed by atoms with Gasteiger partial charge in [0.2, 0.25) is 0 Å². The number of likely N-dealkylation sites (N-methyl/N-ethyl adjacent to an activating group) is 1. The lowest BCUT2D eigenvalue weighted by atomic mass is 10.0. The molecule has 12 heavy (non-hydrogen) atoms. The molecule has 0 aliphatic heterocycles. The average Bonchev–Trinajstić information content (AvgIpc) is 2.04. The summed E-state index contributed by atoms with van der Waals surface area (Å²) in [5.74, 6) is 11.5. The molecular weight excluding hydrogens is 154 g/mol. The molecule has 0 rings (SSSR count). The van der Waals surface area contributed by atoms with Crippen LogP contribution >= 0.6 is 0 Å². The van der Waals surface area contributed by atoms with Crippen LogP contribution in [0.3, 0.4) is 0 Å². The molecule has 0 aliphatic rings. The van der Waals surface area contributed by atoms with Crippen LogP contribution in [0, 0.1) is 5.92 Å².